The van der Waals surface area contributed by atoms with Crippen LogP contribution in [0.3, 0.4) is 0 Å². The Bertz CT molecular complexity index is 1550. The first-order chi connectivity index (χ1) is 19.2. The summed E-state index contributed by atoms with van der Waals surface area (Å²) in [6.07, 6.45) is 1.89. The van der Waals surface area contributed by atoms with Gasteiger partial charge in [-0.3, -0.25) is 4.99 Å². The van der Waals surface area contributed by atoms with Crippen LogP contribution in [0.2, 0.25) is 0 Å². The average Bonchev–Trinajstić information content (AvgIpc) is 3.37. The molecule has 0 fully saturated rings. The second-order valence-corrected chi connectivity index (χ2v) is 8.85. The van der Waals surface area contributed by atoms with Crippen LogP contribution in [-0.2, 0) is 4.74 Å². The minimum atomic E-state index is -0.334. The van der Waals surface area contributed by atoms with E-state index in [1.54, 1.807) is 19.1 Å². The molecule has 0 aliphatic heterocycles. The standard InChI is InChI=1S/C34H30N2O3/c1-3-38-31-21-19-30(20-22-31)36-32(25-11-7-5-8-12-25)23-28(33(36)26-13-9-6-10-14-26)24-35-29-17-15-27(16-18-29)34(37)39-4-2/h5-24H,3-4H2,1-2H3. The van der Waals surface area contributed by atoms with Crippen molar-refractivity contribution in [2.45, 2.75) is 13.8 Å². The van der Waals surface area contributed by atoms with Crippen LogP contribution < -0.4 is 4.74 Å². The maximum absolute atomic E-state index is 12.0. The van der Waals surface area contributed by atoms with E-state index in [0.717, 1.165) is 45.2 Å². The lowest BCUT2D eigenvalue weighted by Crippen LogP contribution is -2.03. The Balaban J connectivity index is 1.64. The van der Waals surface area contributed by atoms with Crippen molar-refractivity contribution in [1.82, 2.24) is 4.57 Å². The van der Waals surface area contributed by atoms with E-state index >= 15 is 0 Å². The summed E-state index contributed by atoms with van der Waals surface area (Å²) < 4.78 is 13.1. The number of esters is 1. The van der Waals surface area contributed by atoms with E-state index in [2.05, 4.69) is 47.0 Å². The van der Waals surface area contributed by atoms with Gasteiger partial charge in [-0.25, -0.2) is 4.79 Å². The molecule has 5 rings (SSSR count). The van der Waals surface area contributed by atoms with Crippen LogP contribution in [0.5, 0.6) is 5.75 Å². The number of rotatable bonds is 9. The van der Waals surface area contributed by atoms with Crippen molar-refractivity contribution >= 4 is 17.9 Å². The van der Waals surface area contributed by atoms with E-state index in [0.29, 0.717) is 18.8 Å². The van der Waals surface area contributed by atoms with E-state index in [9.17, 15) is 4.79 Å². The smallest absolute Gasteiger partial charge is 0.338 e. The molecule has 0 amide bonds. The number of ether oxygens (including phenoxy) is 2. The first kappa shape index (κ1) is 25.7. The van der Waals surface area contributed by atoms with E-state index < -0.39 is 0 Å². The van der Waals surface area contributed by atoms with Gasteiger partial charge in [0.2, 0.25) is 0 Å². The number of aromatic nitrogens is 1. The molecule has 5 nitrogen and oxygen atoms in total. The second-order valence-electron chi connectivity index (χ2n) is 8.85. The summed E-state index contributed by atoms with van der Waals surface area (Å²) in [4.78, 5) is 16.8. The molecule has 0 aliphatic rings. The molecule has 0 saturated carbocycles. The van der Waals surface area contributed by atoms with Crippen molar-refractivity contribution in [2.75, 3.05) is 13.2 Å². The Labute approximate surface area is 229 Å². The van der Waals surface area contributed by atoms with Crippen molar-refractivity contribution in [3.8, 4) is 34.0 Å². The van der Waals surface area contributed by atoms with Crippen molar-refractivity contribution < 1.29 is 14.3 Å². The van der Waals surface area contributed by atoms with E-state index in [1.165, 1.54) is 0 Å². The molecule has 0 bridgehead atoms. The highest BCUT2D eigenvalue weighted by molar-refractivity contribution is 5.95. The molecular weight excluding hydrogens is 484 g/mol. The third-order valence-corrected chi connectivity index (χ3v) is 6.28. The fraction of sp³-hybridized carbons (Fsp3) is 0.118. The van der Waals surface area contributed by atoms with E-state index in [4.69, 9.17) is 14.5 Å². The molecule has 0 spiro atoms. The SMILES string of the molecule is CCOC(=O)c1ccc(N=Cc2cc(-c3ccccc3)n(-c3ccc(OCC)cc3)c2-c2ccccc2)cc1. The Morgan fingerprint density at radius 1 is 0.769 bits per heavy atom. The quantitative estimate of drug-likeness (QED) is 0.147. The molecule has 0 N–H and O–H groups in total. The molecule has 5 aromatic rings. The number of aliphatic imine (C=N–C) groups is 1. The number of carbonyl (C=O) groups is 1. The average molecular weight is 515 g/mol. The zero-order valence-corrected chi connectivity index (χ0v) is 22.1. The van der Waals surface area contributed by atoms with Crippen LogP contribution in [-0.4, -0.2) is 30.0 Å². The van der Waals surface area contributed by atoms with Crippen LogP contribution in [0, 0.1) is 0 Å². The van der Waals surface area contributed by atoms with Crippen molar-refractivity contribution in [2.24, 2.45) is 4.99 Å². The van der Waals surface area contributed by atoms with Gasteiger partial charge in [0.05, 0.1) is 35.9 Å². The van der Waals surface area contributed by atoms with Gasteiger partial charge in [0.15, 0.2) is 0 Å². The predicted molar refractivity (Wildman–Crippen MR) is 157 cm³/mol. The van der Waals surface area contributed by atoms with Gasteiger partial charge in [-0.05, 0) is 79.6 Å². The minimum Gasteiger partial charge on any atom is -0.494 e. The third kappa shape index (κ3) is 5.83. The van der Waals surface area contributed by atoms with Gasteiger partial charge < -0.3 is 14.0 Å². The Morgan fingerprint density at radius 3 is 2.03 bits per heavy atom. The minimum absolute atomic E-state index is 0.334. The number of nitrogens with zero attached hydrogens (tertiary/aromatic N) is 2. The van der Waals surface area contributed by atoms with Gasteiger partial charge >= 0.3 is 5.97 Å². The molecule has 1 aromatic heterocycles. The lowest BCUT2D eigenvalue weighted by Gasteiger charge is -2.15. The lowest BCUT2D eigenvalue weighted by atomic mass is 10.1. The van der Waals surface area contributed by atoms with E-state index in [1.807, 2.05) is 73.8 Å². The largest absolute Gasteiger partial charge is 0.494 e. The molecule has 39 heavy (non-hydrogen) atoms. The zero-order valence-electron chi connectivity index (χ0n) is 22.1. The van der Waals surface area contributed by atoms with Crippen LogP contribution in [0.4, 0.5) is 5.69 Å². The van der Waals surface area contributed by atoms with Crippen LogP contribution in [0.1, 0.15) is 29.8 Å². The highest BCUT2D eigenvalue weighted by atomic mass is 16.5. The maximum atomic E-state index is 12.0. The van der Waals surface area contributed by atoms with Gasteiger partial charge in [-0.2, -0.15) is 0 Å². The van der Waals surface area contributed by atoms with Crippen LogP contribution >= 0.6 is 0 Å². The normalized spacial score (nSPS) is 11.0. The first-order valence-corrected chi connectivity index (χ1v) is 13.1. The molecule has 194 valence electrons. The van der Waals surface area contributed by atoms with Gasteiger partial charge in [-0.15, -0.1) is 0 Å². The zero-order chi connectivity index (χ0) is 27.0. The van der Waals surface area contributed by atoms with Crippen molar-refractivity contribution in [3.05, 3.63) is 126 Å². The second kappa shape index (κ2) is 12.1. The van der Waals surface area contributed by atoms with Crippen molar-refractivity contribution in [3.63, 3.8) is 0 Å². The molecule has 1 heterocycles. The fourth-order valence-electron chi connectivity index (χ4n) is 4.51. The Hall–Kier alpha value is -4.90. The summed E-state index contributed by atoms with van der Waals surface area (Å²) in [7, 11) is 0. The van der Waals surface area contributed by atoms with E-state index in [-0.39, 0.29) is 5.97 Å². The van der Waals surface area contributed by atoms with Crippen LogP contribution in [0.15, 0.2) is 120 Å². The Kier molecular flexibility index (Phi) is 7.98. The Morgan fingerprint density at radius 2 is 1.41 bits per heavy atom. The van der Waals surface area contributed by atoms with Gasteiger partial charge in [0.25, 0.3) is 0 Å². The molecule has 0 aliphatic carbocycles. The molecule has 0 radical (unpaired) electrons. The molecule has 4 aromatic carbocycles. The van der Waals surface area contributed by atoms with Gasteiger partial charge in [0.1, 0.15) is 5.75 Å². The number of carbonyl (C=O) groups excluding carboxylic acids is 1. The van der Waals surface area contributed by atoms with Crippen LogP contribution in [0.25, 0.3) is 28.2 Å². The summed E-state index contributed by atoms with van der Waals surface area (Å²) in [5, 5.41) is 0. The highest BCUT2D eigenvalue weighted by Gasteiger charge is 2.19. The predicted octanol–water partition coefficient (Wildman–Crippen LogP) is 8.14. The molecule has 0 saturated heterocycles. The molecule has 5 heteroatoms. The topological polar surface area (TPSA) is 52.8 Å². The van der Waals surface area contributed by atoms with Gasteiger partial charge in [-0.1, -0.05) is 60.7 Å². The lowest BCUT2D eigenvalue weighted by molar-refractivity contribution is 0.0526. The monoisotopic (exact) mass is 514 g/mol. The summed E-state index contributed by atoms with van der Waals surface area (Å²) in [5.74, 6) is 0.503. The number of benzene rings is 4. The highest BCUT2D eigenvalue weighted by Crippen LogP contribution is 2.36. The summed E-state index contributed by atoms with van der Waals surface area (Å²) in [6.45, 7) is 4.74. The summed E-state index contributed by atoms with van der Waals surface area (Å²) in [6, 6.07) is 38.1. The molecular formula is C34H30N2O3. The fourth-order valence-corrected chi connectivity index (χ4v) is 4.51. The number of hydrogen-bond acceptors (Lipinski definition) is 4. The third-order valence-electron chi connectivity index (χ3n) is 6.28. The van der Waals surface area contributed by atoms with Gasteiger partial charge in [0, 0.05) is 17.5 Å². The summed E-state index contributed by atoms with van der Waals surface area (Å²) >= 11 is 0. The van der Waals surface area contributed by atoms with Crippen molar-refractivity contribution in [1.29, 1.82) is 0 Å². The number of hydrogen-bond donors (Lipinski definition) is 0. The molecule has 0 atom stereocenters. The molecule has 0 unspecified atom stereocenters. The first-order valence-electron chi connectivity index (χ1n) is 13.1. The summed E-state index contributed by atoms with van der Waals surface area (Å²) in [5.41, 5.74) is 7.52. The maximum Gasteiger partial charge on any atom is 0.338 e.